The van der Waals surface area contributed by atoms with Gasteiger partial charge in [0.25, 0.3) is 5.91 Å². The zero-order valence-corrected chi connectivity index (χ0v) is 18.8. The van der Waals surface area contributed by atoms with Gasteiger partial charge in [-0.15, -0.1) is 0 Å². The molecule has 32 heavy (non-hydrogen) atoms. The summed E-state index contributed by atoms with van der Waals surface area (Å²) in [6.07, 6.45) is 1.68. The first-order chi connectivity index (χ1) is 15.3. The second-order valence-corrected chi connectivity index (χ2v) is 7.89. The predicted molar refractivity (Wildman–Crippen MR) is 124 cm³/mol. The van der Waals surface area contributed by atoms with Crippen LogP contribution in [-0.2, 0) is 16.0 Å². The number of aryl methyl sites for hydroxylation is 4. The molecule has 0 radical (unpaired) electrons. The van der Waals surface area contributed by atoms with Crippen molar-refractivity contribution in [1.29, 1.82) is 0 Å². The number of hydrogen-bond acceptors (Lipinski definition) is 5. The lowest BCUT2D eigenvalue weighted by atomic mass is 10.1. The molecule has 1 aromatic heterocycles. The number of ether oxygens (including phenoxy) is 1. The number of nitrogens with one attached hydrogen (secondary N) is 2. The monoisotopic (exact) mass is 436 g/mol. The first-order valence-electron chi connectivity index (χ1n) is 10.6. The van der Waals surface area contributed by atoms with Gasteiger partial charge in [0.1, 0.15) is 11.3 Å². The lowest BCUT2D eigenvalue weighted by Crippen LogP contribution is -2.36. The topological polar surface area (TPSA) is 97.6 Å². The Hall–Kier alpha value is -3.61. The zero-order chi connectivity index (χ0) is 23.3. The van der Waals surface area contributed by atoms with Gasteiger partial charge in [-0.2, -0.15) is 0 Å². The molecule has 2 aromatic carbocycles. The van der Waals surface area contributed by atoms with Crippen LogP contribution < -0.4 is 21.0 Å². The van der Waals surface area contributed by atoms with Crippen LogP contribution in [0, 0.1) is 20.8 Å². The molecule has 2 N–H and O–H groups in total. The van der Waals surface area contributed by atoms with Crippen LogP contribution in [0.4, 0.5) is 5.69 Å². The molecule has 168 valence electrons. The molecular weight excluding hydrogens is 408 g/mol. The van der Waals surface area contributed by atoms with Crippen molar-refractivity contribution in [2.45, 2.75) is 40.5 Å². The number of anilines is 1. The fourth-order valence-corrected chi connectivity index (χ4v) is 3.72. The minimum absolute atomic E-state index is 0.165. The van der Waals surface area contributed by atoms with Crippen LogP contribution >= 0.6 is 0 Å². The highest BCUT2D eigenvalue weighted by atomic mass is 16.5. The summed E-state index contributed by atoms with van der Waals surface area (Å²) in [6, 6.07) is 10.6. The Labute approximate surface area is 186 Å². The van der Waals surface area contributed by atoms with Gasteiger partial charge in [0.05, 0.1) is 6.54 Å². The number of amides is 2. The van der Waals surface area contributed by atoms with E-state index in [4.69, 9.17) is 9.15 Å². The van der Waals surface area contributed by atoms with Gasteiger partial charge in [-0.25, -0.2) is 4.79 Å². The largest absolute Gasteiger partial charge is 0.484 e. The minimum atomic E-state index is -0.432. The van der Waals surface area contributed by atoms with E-state index in [2.05, 4.69) is 10.6 Å². The van der Waals surface area contributed by atoms with Crippen LogP contribution in [0.1, 0.15) is 35.6 Å². The van der Waals surface area contributed by atoms with Crippen molar-refractivity contribution >= 4 is 28.5 Å². The lowest BCUT2D eigenvalue weighted by Gasteiger charge is -2.13. The quantitative estimate of drug-likeness (QED) is 0.524. The molecule has 0 spiro atoms. The Morgan fingerprint density at radius 2 is 1.72 bits per heavy atom. The Bertz CT molecular complexity index is 1190. The molecule has 0 aliphatic rings. The molecule has 0 aliphatic heterocycles. The molecule has 7 nitrogen and oxygen atoms in total. The molecule has 0 saturated carbocycles. The van der Waals surface area contributed by atoms with Gasteiger partial charge in [0, 0.05) is 23.2 Å². The molecule has 1 heterocycles. The third-order valence-corrected chi connectivity index (χ3v) is 5.08. The van der Waals surface area contributed by atoms with E-state index in [9.17, 15) is 14.4 Å². The summed E-state index contributed by atoms with van der Waals surface area (Å²) in [5.74, 6) is -0.345. The van der Waals surface area contributed by atoms with E-state index >= 15 is 0 Å². The van der Waals surface area contributed by atoms with Gasteiger partial charge in [0.15, 0.2) is 6.61 Å². The summed E-state index contributed by atoms with van der Waals surface area (Å²) in [5.41, 5.74) is 4.74. The summed E-state index contributed by atoms with van der Waals surface area (Å²) in [5, 5.41) is 6.23. The highest BCUT2D eigenvalue weighted by Crippen LogP contribution is 2.24. The third-order valence-electron chi connectivity index (χ3n) is 5.08. The molecule has 0 bridgehead atoms. The number of fused-ring (bicyclic) bond motifs is 1. The molecular formula is C25H28N2O5. The number of carbonyl (C=O) groups excluding carboxylic acids is 2. The van der Waals surface area contributed by atoms with E-state index in [0.717, 1.165) is 46.2 Å². The van der Waals surface area contributed by atoms with Gasteiger partial charge in [0.2, 0.25) is 5.91 Å². The zero-order valence-electron chi connectivity index (χ0n) is 18.8. The first kappa shape index (κ1) is 23.1. The number of hydrogen-bond donors (Lipinski definition) is 2. The summed E-state index contributed by atoms with van der Waals surface area (Å²) in [7, 11) is 0. The van der Waals surface area contributed by atoms with Crippen LogP contribution in [-0.4, -0.2) is 25.0 Å². The van der Waals surface area contributed by atoms with Crippen LogP contribution in [0.5, 0.6) is 5.75 Å². The third kappa shape index (κ3) is 5.75. The smallest absolute Gasteiger partial charge is 0.336 e. The summed E-state index contributed by atoms with van der Waals surface area (Å²) >= 11 is 0. The normalized spacial score (nSPS) is 10.8. The highest BCUT2D eigenvalue weighted by Gasteiger charge is 2.11. The second-order valence-electron chi connectivity index (χ2n) is 7.89. The minimum Gasteiger partial charge on any atom is -0.484 e. The SMILES string of the molecule is CCCc1cc(=O)oc2cc(OCC(=O)NCC(=O)Nc3c(C)cc(C)cc3C)ccc12. The first-order valence-corrected chi connectivity index (χ1v) is 10.6. The van der Waals surface area contributed by atoms with Crippen molar-refractivity contribution in [3.8, 4) is 5.75 Å². The molecule has 0 aliphatic carbocycles. The lowest BCUT2D eigenvalue weighted by molar-refractivity contribution is -0.125. The Balaban J connectivity index is 1.55. The predicted octanol–water partition coefficient (Wildman–Crippen LogP) is 3.80. The van der Waals surface area contributed by atoms with Gasteiger partial charge < -0.3 is 19.8 Å². The van der Waals surface area contributed by atoms with Crippen LogP contribution in [0.15, 0.2) is 45.6 Å². The fraction of sp³-hybridized carbons (Fsp3) is 0.320. The Morgan fingerprint density at radius 3 is 2.41 bits per heavy atom. The van der Waals surface area contributed by atoms with Crippen LogP contribution in [0.2, 0.25) is 0 Å². The molecule has 7 heteroatoms. The maximum Gasteiger partial charge on any atom is 0.336 e. The fourth-order valence-electron chi connectivity index (χ4n) is 3.72. The van der Waals surface area contributed by atoms with Crippen molar-refractivity contribution in [3.63, 3.8) is 0 Å². The van der Waals surface area contributed by atoms with Gasteiger partial charge in [-0.05, 0) is 56.0 Å². The van der Waals surface area contributed by atoms with Crippen molar-refractivity contribution in [3.05, 3.63) is 69.1 Å². The number of benzene rings is 2. The molecule has 0 atom stereocenters. The molecule has 0 unspecified atom stereocenters. The molecule has 3 rings (SSSR count). The van der Waals surface area contributed by atoms with Gasteiger partial charge in [-0.3, -0.25) is 9.59 Å². The maximum absolute atomic E-state index is 12.2. The van der Waals surface area contributed by atoms with E-state index in [-0.39, 0.29) is 19.1 Å². The Morgan fingerprint density at radius 1 is 1.00 bits per heavy atom. The van der Waals surface area contributed by atoms with Crippen molar-refractivity contribution < 1.29 is 18.7 Å². The summed E-state index contributed by atoms with van der Waals surface area (Å²) in [6.45, 7) is 7.47. The molecule has 0 saturated heterocycles. The van der Waals surface area contributed by atoms with E-state index in [1.165, 1.54) is 6.07 Å². The number of rotatable bonds is 8. The molecule has 0 fully saturated rings. The summed E-state index contributed by atoms with van der Waals surface area (Å²) in [4.78, 5) is 36.1. The van der Waals surface area contributed by atoms with Crippen molar-refractivity contribution in [2.75, 3.05) is 18.5 Å². The van der Waals surface area contributed by atoms with Crippen LogP contribution in [0.3, 0.4) is 0 Å². The van der Waals surface area contributed by atoms with E-state index in [1.807, 2.05) is 45.9 Å². The Kier molecular flexibility index (Phi) is 7.30. The number of carbonyl (C=O) groups is 2. The van der Waals surface area contributed by atoms with E-state index < -0.39 is 11.5 Å². The van der Waals surface area contributed by atoms with E-state index in [0.29, 0.717) is 11.3 Å². The van der Waals surface area contributed by atoms with Crippen molar-refractivity contribution in [2.24, 2.45) is 0 Å². The average molecular weight is 437 g/mol. The van der Waals surface area contributed by atoms with E-state index in [1.54, 1.807) is 12.1 Å². The molecule has 2 amide bonds. The van der Waals surface area contributed by atoms with Gasteiger partial charge in [-0.1, -0.05) is 31.0 Å². The standard InChI is InChI=1S/C25H28N2O5/c1-5-6-18-11-24(30)32-21-12-19(7-8-20(18)21)31-14-23(29)26-13-22(28)27-25-16(3)9-15(2)10-17(25)4/h7-12H,5-6,13-14H2,1-4H3,(H,26,29)(H,27,28). The average Bonchev–Trinajstić information content (AvgIpc) is 2.73. The summed E-state index contributed by atoms with van der Waals surface area (Å²) < 4.78 is 10.8. The second kappa shape index (κ2) is 10.1. The maximum atomic E-state index is 12.2. The highest BCUT2D eigenvalue weighted by molar-refractivity contribution is 5.96. The molecule has 3 aromatic rings. The van der Waals surface area contributed by atoms with Gasteiger partial charge >= 0.3 is 5.63 Å². The van der Waals surface area contributed by atoms with Crippen molar-refractivity contribution in [1.82, 2.24) is 5.32 Å². The van der Waals surface area contributed by atoms with Crippen LogP contribution in [0.25, 0.3) is 11.0 Å².